The van der Waals surface area contributed by atoms with Crippen LogP contribution in [-0.2, 0) is 4.79 Å². The molecule has 1 saturated heterocycles. The predicted octanol–water partition coefficient (Wildman–Crippen LogP) is -0.0472. The van der Waals surface area contributed by atoms with Crippen LogP contribution in [-0.4, -0.2) is 55.5 Å². The van der Waals surface area contributed by atoms with E-state index in [0.717, 1.165) is 26.2 Å². The lowest BCUT2D eigenvalue weighted by molar-refractivity contribution is -0.132. The van der Waals surface area contributed by atoms with Gasteiger partial charge in [0.1, 0.15) is 0 Å². The van der Waals surface area contributed by atoms with Gasteiger partial charge in [-0.1, -0.05) is 0 Å². The van der Waals surface area contributed by atoms with Gasteiger partial charge in [0.15, 0.2) is 0 Å². The fraction of sp³-hybridized carbons (Fsp3) is 0.875. The molecule has 0 unspecified atom stereocenters. The number of hydrogen-bond acceptors (Lipinski definition) is 3. The van der Waals surface area contributed by atoms with Crippen LogP contribution in [0.5, 0.6) is 0 Å². The molecule has 1 rings (SSSR count). The van der Waals surface area contributed by atoms with Gasteiger partial charge in [0.25, 0.3) is 0 Å². The van der Waals surface area contributed by atoms with Gasteiger partial charge in [-0.25, -0.2) is 0 Å². The summed E-state index contributed by atoms with van der Waals surface area (Å²) in [5, 5.41) is 0. The third-order valence-corrected chi connectivity index (χ3v) is 2.21. The summed E-state index contributed by atoms with van der Waals surface area (Å²) in [5.41, 5.74) is 5.31. The monoisotopic (exact) mass is 243 g/mol. The summed E-state index contributed by atoms with van der Waals surface area (Å²) < 4.78 is 0. The number of nitrogens with zero attached hydrogens (tertiary/aromatic N) is 2. The molecule has 1 amide bonds. The summed E-state index contributed by atoms with van der Waals surface area (Å²) in [6.07, 6.45) is 0.490. The normalized spacial score (nSPS) is 16.9. The minimum atomic E-state index is 0. The van der Waals surface area contributed by atoms with Crippen molar-refractivity contribution in [1.29, 1.82) is 0 Å². The Morgan fingerprint density at radius 3 is 2.14 bits per heavy atom. The molecule has 0 spiro atoms. The second-order valence-corrected chi connectivity index (χ2v) is 3.22. The van der Waals surface area contributed by atoms with Crippen LogP contribution in [0.25, 0.3) is 0 Å². The van der Waals surface area contributed by atoms with E-state index in [1.54, 1.807) is 0 Å². The molecule has 6 heteroatoms. The number of hydrogen-bond donors (Lipinski definition) is 1. The number of nitrogens with two attached hydrogens (primary N) is 1. The topological polar surface area (TPSA) is 49.6 Å². The molecule has 14 heavy (non-hydrogen) atoms. The van der Waals surface area contributed by atoms with Gasteiger partial charge in [-0.15, -0.1) is 24.8 Å². The molecule has 0 aromatic heterocycles. The maximum atomic E-state index is 11.3. The van der Waals surface area contributed by atoms with Crippen molar-refractivity contribution in [3.8, 4) is 0 Å². The first-order valence-electron chi connectivity index (χ1n) is 4.40. The maximum Gasteiger partial charge on any atom is 0.223 e. The average Bonchev–Trinajstić information content (AvgIpc) is 2.06. The molecule has 86 valence electrons. The van der Waals surface area contributed by atoms with Crippen molar-refractivity contribution in [3.63, 3.8) is 0 Å². The second kappa shape index (κ2) is 8.29. The van der Waals surface area contributed by atoms with E-state index in [0.29, 0.717) is 13.0 Å². The lowest BCUT2D eigenvalue weighted by atomic mass is 10.3. The largest absolute Gasteiger partial charge is 0.340 e. The number of carbonyl (C=O) groups is 1. The molecule has 0 atom stereocenters. The van der Waals surface area contributed by atoms with Crippen LogP contribution in [0, 0.1) is 0 Å². The molecule has 2 N–H and O–H groups in total. The van der Waals surface area contributed by atoms with E-state index in [4.69, 9.17) is 5.73 Å². The highest BCUT2D eigenvalue weighted by atomic mass is 35.5. The molecule has 1 fully saturated rings. The summed E-state index contributed by atoms with van der Waals surface area (Å²) in [5.74, 6) is 0.200. The summed E-state index contributed by atoms with van der Waals surface area (Å²) in [6, 6.07) is 0. The average molecular weight is 244 g/mol. The van der Waals surface area contributed by atoms with E-state index in [2.05, 4.69) is 11.9 Å². The zero-order chi connectivity index (χ0) is 8.97. The van der Waals surface area contributed by atoms with Crippen LogP contribution in [0.1, 0.15) is 6.42 Å². The zero-order valence-electron chi connectivity index (χ0n) is 8.44. The summed E-state index contributed by atoms with van der Waals surface area (Å²) in [4.78, 5) is 15.5. The summed E-state index contributed by atoms with van der Waals surface area (Å²) in [6.45, 7) is 4.14. The molecule has 1 heterocycles. The van der Waals surface area contributed by atoms with Crippen molar-refractivity contribution in [3.05, 3.63) is 0 Å². The molecule has 0 bridgehead atoms. The van der Waals surface area contributed by atoms with Gasteiger partial charge < -0.3 is 15.5 Å². The van der Waals surface area contributed by atoms with E-state index in [-0.39, 0.29) is 30.7 Å². The van der Waals surface area contributed by atoms with Crippen LogP contribution in [0.3, 0.4) is 0 Å². The quantitative estimate of drug-likeness (QED) is 0.741. The highest BCUT2D eigenvalue weighted by molar-refractivity contribution is 5.85. The highest BCUT2D eigenvalue weighted by Crippen LogP contribution is 2.00. The van der Waals surface area contributed by atoms with Gasteiger partial charge in [0.05, 0.1) is 0 Å². The number of likely N-dealkylation sites (N-methyl/N-ethyl adjacent to an activating group) is 1. The van der Waals surface area contributed by atoms with Gasteiger partial charge in [-0.2, -0.15) is 0 Å². The van der Waals surface area contributed by atoms with Crippen molar-refractivity contribution in [2.24, 2.45) is 5.73 Å². The molecule has 1 aliphatic heterocycles. The lowest BCUT2D eigenvalue weighted by Gasteiger charge is -2.32. The standard InChI is InChI=1S/C8H17N3O.2ClH/c1-10-4-6-11(7-5-10)8(12)2-3-9;;/h2-7,9H2,1H3;2*1H. The Morgan fingerprint density at radius 2 is 1.71 bits per heavy atom. The van der Waals surface area contributed by atoms with Gasteiger partial charge in [0.2, 0.25) is 5.91 Å². The Morgan fingerprint density at radius 1 is 1.21 bits per heavy atom. The van der Waals surface area contributed by atoms with E-state index < -0.39 is 0 Å². The molecule has 0 aromatic carbocycles. The van der Waals surface area contributed by atoms with E-state index >= 15 is 0 Å². The molecule has 0 aromatic rings. The van der Waals surface area contributed by atoms with Crippen molar-refractivity contribution in [1.82, 2.24) is 9.80 Å². The van der Waals surface area contributed by atoms with Crippen LogP contribution >= 0.6 is 24.8 Å². The molecule has 4 nitrogen and oxygen atoms in total. The fourth-order valence-corrected chi connectivity index (χ4v) is 1.34. The Bertz CT molecular complexity index is 161. The number of piperazine rings is 1. The number of rotatable bonds is 2. The summed E-state index contributed by atoms with van der Waals surface area (Å²) >= 11 is 0. The van der Waals surface area contributed by atoms with Crippen molar-refractivity contribution in [2.75, 3.05) is 39.8 Å². The van der Waals surface area contributed by atoms with Crippen molar-refractivity contribution < 1.29 is 4.79 Å². The maximum absolute atomic E-state index is 11.3. The molecule has 0 radical (unpaired) electrons. The van der Waals surface area contributed by atoms with E-state index in [9.17, 15) is 4.79 Å². The molecule has 0 saturated carbocycles. The van der Waals surface area contributed by atoms with Crippen molar-refractivity contribution >= 4 is 30.7 Å². The van der Waals surface area contributed by atoms with E-state index in [1.165, 1.54) is 0 Å². The zero-order valence-corrected chi connectivity index (χ0v) is 10.1. The highest BCUT2D eigenvalue weighted by Gasteiger charge is 2.17. The van der Waals surface area contributed by atoms with Crippen LogP contribution in [0.4, 0.5) is 0 Å². The number of amides is 1. The van der Waals surface area contributed by atoms with Crippen LogP contribution in [0.15, 0.2) is 0 Å². The van der Waals surface area contributed by atoms with Gasteiger partial charge in [-0.3, -0.25) is 4.79 Å². The smallest absolute Gasteiger partial charge is 0.223 e. The summed E-state index contributed by atoms with van der Waals surface area (Å²) in [7, 11) is 2.07. The number of halogens is 2. The minimum Gasteiger partial charge on any atom is -0.340 e. The third kappa shape index (κ3) is 5.00. The van der Waals surface area contributed by atoms with Crippen LogP contribution in [0.2, 0.25) is 0 Å². The lowest BCUT2D eigenvalue weighted by Crippen LogP contribution is -2.47. The SMILES string of the molecule is CN1CCN(C(=O)CCN)CC1.Cl.Cl. The Labute approximate surface area is 97.6 Å². The molecule has 0 aliphatic carbocycles. The first-order chi connectivity index (χ1) is 5.74. The first kappa shape index (κ1) is 16.4. The van der Waals surface area contributed by atoms with Crippen molar-refractivity contribution in [2.45, 2.75) is 6.42 Å². The second-order valence-electron chi connectivity index (χ2n) is 3.22. The first-order valence-corrected chi connectivity index (χ1v) is 4.40. The third-order valence-electron chi connectivity index (χ3n) is 2.21. The molecular formula is C8H19Cl2N3O. The van der Waals surface area contributed by atoms with Gasteiger partial charge in [-0.05, 0) is 7.05 Å². The fourth-order valence-electron chi connectivity index (χ4n) is 1.34. The Hall–Kier alpha value is -0.0300. The minimum absolute atomic E-state index is 0. The van der Waals surface area contributed by atoms with Crippen LogP contribution < -0.4 is 5.73 Å². The number of carbonyl (C=O) groups excluding carboxylic acids is 1. The van der Waals surface area contributed by atoms with Gasteiger partial charge >= 0.3 is 0 Å². The van der Waals surface area contributed by atoms with Gasteiger partial charge in [0, 0.05) is 39.1 Å². The Kier molecular flexibility index (Phi) is 9.72. The predicted molar refractivity (Wildman–Crippen MR) is 62.2 cm³/mol. The Balaban J connectivity index is 0. The van der Waals surface area contributed by atoms with E-state index in [1.807, 2.05) is 4.90 Å². The molecular weight excluding hydrogens is 225 g/mol. The molecule has 1 aliphatic rings.